The Labute approximate surface area is 194 Å². The topological polar surface area (TPSA) is 76.5 Å². The number of carbonyl (C=O) groups is 2. The van der Waals surface area contributed by atoms with Gasteiger partial charge >= 0.3 is 0 Å². The Morgan fingerprint density at radius 2 is 1.85 bits per heavy atom. The van der Waals surface area contributed by atoms with E-state index in [1.165, 1.54) is 0 Å². The van der Waals surface area contributed by atoms with Crippen LogP contribution in [0.5, 0.6) is 5.75 Å². The molecule has 0 spiro atoms. The maximum absolute atomic E-state index is 13.3. The zero-order chi connectivity index (χ0) is 23.4. The number of amides is 2. The monoisotopic (exact) mass is 446 g/mol. The summed E-state index contributed by atoms with van der Waals surface area (Å²) in [6.07, 6.45) is 3.21. The Morgan fingerprint density at radius 1 is 1.09 bits per heavy atom. The number of methoxy groups -OCH3 is 1. The van der Waals surface area contributed by atoms with Gasteiger partial charge in [-0.3, -0.25) is 14.3 Å². The summed E-state index contributed by atoms with van der Waals surface area (Å²) in [6, 6.07) is 16.8. The normalized spacial score (nSPS) is 15.8. The van der Waals surface area contributed by atoms with E-state index in [4.69, 9.17) is 4.74 Å². The van der Waals surface area contributed by atoms with Crippen molar-refractivity contribution in [1.29, 1.82) is 0 Å². The number of piperidine rings is 1. The fourth-order valence-corrected chi connectivity index (χ4v) is 4.30. The van der Waals surface area contributed by atoms with Gasteiger partial charge in [0.15, 0.2) is 0 Å². The Kier molecular flexibility index (Phi) is 6.77. The molecule has 0 unspecified atom stereocenters. The number of nitrogens with one attached hydrogen (secondary N) is 1. The third-order valence-electron chi connectivity index (χ3n) is 6.11. The van der Waals surface area contributed by atoms with Crippen LogP contribution < -0.4 is 10.1 Å². The smallest absolute Gasteiger partial charge is 0.272 e. The van der Waals surface area contributed by atoms with E-state index in [1.54, 1.807) is 23.7 Å². The molecular formula is C26H30N4O3. The minimum atomic E-state index is -0.508. The molecule has 172 valence electrons. The van der Waals surface area contributed by atoms with E-state index in [0.29, 0.717) is 24.3 Å². The minimum Gasteiger partial charge on any atom is -0.497 e. The van der Waals surface area contributed by atoms with Crippen LogP contribution in [0.2, 0.25) is 0 Å². The molecular weight excluding hydrogens is 416 g/mol. The van der Waals surface area contributed by atoms with Crippen molar-refractivity contribution in [3.8, 4) is 16.9 Å². The van der Waals surface area contributed by atoms with E-state index in [1.807, 2.05) is 61.5 Å². The number of nitrogens with zero attached hydrogens (tertiary/aromatic N) is 3. The maximum Gasteiger partial charge on any atom is 0.272 e. The van der Waals surface area contributed by atoms with Gasteiger partial charge < -0.3 is 15.0 Å². The lowest BCUT2D eigenvalue weighted by Gasteiger charge is -2.34. The van der Waals surface area contributed by atoms with Crippen molar-refractivity contribution in [1.82, 2.24) is 14.7 Å². The van der Waals surface area contributed by atoms with Gasteiger partial charge in [-0.1, -0.05) is 31.2 Å². The Balaban J connectivity index is 1.53. The number of rotatable bonds is 6. The molecule has 7 heteroatoms. The van der Waals surface area contributed by atoms with Gasteiger partial charge in [-0.15, -0.1) is 0 Å². The number of anilines is 1. The summed E-state index contributed by atoms with van der Waals surface area (Å²) in [5.41, 5.74) is 4.07. The van der Waals surface area contributed by atoms with Crippen LogP contribution in [0.15, 0.2) is 54.6 Å². The fourth-order valence-electron chi connectivity index (χ4n) is 4.30. The molecule has 1 fully saturated rings. The molecule has 2 heterocycles. The number of ether oxygens (including phenoxy) is 1. The van der Waals surface area contributed by atoms with Crippen LogP contribution in [0.1, 0.15) is 42.4 Å². The molecule has 2 amide bonds. The van der Waals surface area contributed by atoms with E-state index in [2.05, 4.69) is 10.4 Å². The second-order valence-electron chi connectivity index (χ2n) is 8.31. The first-order chi connectivity index (χ1) is 16.0. The van der Waals surface area contributed by atoms with E-state index >= 15 is 0 Å². The summed E-state index contributed by atoms with van der Waals surface area (Å²) >= 11 is 0. The van der Waals surface area contributed by atoms with Crippen molar-refractivity contribution >= 4 is 17.5 Å². The number of aryl methyl sites for hydroxylation is 2. The summed E-state index contributed by atoms with van der Waals surface area (Å²) < 4.78 is 6.94. The first-order valence-electron chi connectivity index (χ1n) is 11.4. The predicted molar refractivity (Wildman–Crippen MR) is 128 cm³/mol. The van der Waals surface area contributed by atoms with Crippen molar-refractivity contribution in [3.05, 3.63) is 66.0 Å². The molecule has 1 aliphatic heterocycles. The second-order valence-corrected chi connectivity index (χ2v) is 8.31. The number of benzene rings is 2. The largest absolute Gasteiger partial charge is 0.497 e. The highest BCUT2D eigenvalue weighted by Crippen LogP contribution is 2.27. The lowest BCUT2D eigenvalue weighted by molar-refractivity contribution is -0.121. The molecule has 33 heavy (non-hydrogen) atoms. The second kappa shape index (κ2) is 9.90. The van der Waals surface area contributed by atoms with Crippen LogP contribution in [-0.2, 0) is 18.3 Å². The first-order valence-corrected chi connectivity index (χ1v) is 11.4. The number of aromatic nitrogens is 2. The number of hydrogen-bond acceptors (Lipinski definition) is 4. The average molecular weight is 447 g/mol. The molecule has 1 N–H and O–H groups in total. The van der Waals surface area contributed by atoms with E-state index in [9.17, 15) is 9.59 Å². The van der Waals surface area contributed by atoms with Gasteiger partial charge in [-0.25, -0.2) is 0 Å². The molecule has 1 atom stereocenters. The molecule has 2 aromatic carbocycles. The number of carbonyl (C=O) groups excluding carboxylic acids is 2. The lowest BCUT2D eigenvalue weighted by Crippen LogP contribution is -2.50. The van der Waals surface area contributed by atoms with E-state index in [0.717, 1.165) is 41.8 Å². The highest BCUT2D eigenvalue weighted by Gasteiger charge is 2.34. The maximum atomic E-state index is 13.3. The first kappa shape index (κ1) is 22.6. The van der Waals surface area contributed by atoms with E-state index < -0.39 is 6.04 Å². The number of hydrogen-bond donors (Lipinski definition) is 1. The molecule has 4 rings (SSSR count). The molecule has 0 saturated carbocycles. The SMILES string of the molecule is CCc1cc(C(=O)N2CCCC[C@@H]2C(=O)Nc2cccc(-c3cccc(OC)c3)c2)n(C)n1. The Hall–Kier alpha value is -3.61. The summed E-state index contributed by atoms with van der Waals surface area (Å²) in [7, 11) is 3.41. The van der Waals surface area contributed by atoms with Crippen molar-refractivity contribution in [2.75, 3.05) is 19.0 Å². The molecule has 1 saturated heterocycles. The summed E-state index contributed by atoms with van der Waals surface area (Å²) in [5, 5.41) is 7.42. The molecule has 3 aromatic rings. The highest BCUT2D eigenvalue weighted by molar-refractivity contribution is 6.01. The average Bonchev–Trinajstić information content (AvgIpc) is 3.24. The van der Waals surface area contributed by atoms with Crippen molar-refractivity contribution < 1.29 is 14.3 Å². The number of likely N-dealkylation sites (tertiary alicyclic amines) is 1. The Bertz CT molecular complexity index is 1150. The van der Waals surface area contributed by atoms with Crippen LogP contribution in [0.3, 0.4) is 0 Å². The molecule has 7 nitrogen and oxygen atoms in total. The molecule has 0 radical (unpaired) electrons. The molecule has 0 aliphatic carbocycles. The van der Waals surface area contributed by atoms with Gasteiger partial charge in [0.1, 0.15) is 17.5 Å². The van der Waals surface area contributed by atoms with Gasteiger partial charge in [0.25, 0.3) is 5.91 Å². The zero-order valence-electron chi connectivity index (χ0n) is 19.4. The van der Waals surface area contributed by atoms with E-state index in [-0.39, 0.29) is 11.8 Å². The van der Waals surface area contributed by atoms with Crippen LogP contribution in [-0.4, -0.2) is 46.2 Å². The molecule has 1 aromatic heterocycles. The summed E-state index contributed by atoms with van der Waals surface area (Å²) in [5.74, 6) is 0.470. The standard InChI is InChI=1S/C26H30N4O3/c1-4-20-17-24(29(2)28-20)26(32)30-14-6-5-13-23(30)25(31)27-21-11-7-9-18(15-21)19-10-8-12-22(16-19)33-3/h7-12,15-17,23H,4-6,13-14H2,1-3H3,(H,27,31)/t23-/m1/s1. The highest BCUT2D eigenvalue weighted by atomic mass is 16.5. The van der Waals surface area contributed by atoms with Gasteiger partial charge in [0, 0.05) is 19.3 Å². The minimum absolute atomic E-state index is 0.144. The van der Waals surface area contributed by atoms with Gasteiger partial charge in [-0.2, -0.15) is 5.10 Å². The lowest BCUT2D eigenvalue weighted by atomic mass is 10.00. The van der Waals surface area contributed by atoms with Crippen molar-refractivity contribution in [2.24, 2.45) is 7.05 Å². The molecule has 0 bridgehead atoms. The summed E-state index contributed by atoms with van der Waals surface area (Å²) in [4.78, 5) is 28.2. The van der Waals surface area contributed by atoms with Crippen LogP contribution in [0, 0.1) is 0 Å². The molecule has 1 aliphatic rings. The van der Waals surface area contributed by atoms with Crippen molar-refractivity contribution in [2.45, 2.75) is 38.6 Å². The van der Waals surface area contributed by atoms with Crippen LogP contribution in [0.4, 0.5) is 5.69 Å². The third kappa shape index (κ3) is 4.92. The van der Waals surface area contributed by atoms with Gasteiger partial charge in [0.2, 0.25) is 5.91 Å². The van der Waals surface area contributed by atoms with Gasteiger partial charge in [0.05, 0.1) is 12.8 Å². The van der Waals surface area contributed by atoms with Crippen LogP contribution >= 0.6 is 0 Å². The third-order valence-corrected chi connectivity index (χ3v) is 6.11. The van der Waals surface area contributed by atoms with Crippen molar-refractivity contribution in [3.63, 3.8) is 0 Å². The van der Waals surface area contributed by atoms with Crippen LogP contribution in [0.25, 0.3) is 11.1 Å². The summed E-state index contributed by atoms with van der Waals surface area (Å²) in [6.45, 7) is 2.57. The van der Waals surface area contributed by atoms with Gasteiger partial charge in [-0.05, 0) is 67.1 Å². The zero-order valence-corrected chi connectivity index (χ0v) is 19.4. The quantitative estimate of drug-likeness (QED) is 0.613. The Morgan fingerprint density at radius 3 is 2.58 bits per heavy atom. The fraction of sp³-hybridized carbons (Fsp3) is 0.346. The predicted octanol–water partition coefficient (Wildman–Crippen LogP) is 4.29.